The maximum atomic E-state index is 12.7. The van der Waals surface area contributed by atoms with E-state index in [0.29, 0.717) is 16.6 Å². The minimum absolute atomic E-state index is 0.0228. The van der Waals surface area contributed by atoms with E-state index in [0.717, 1.165) is 35.7 Å². The molecule has 2 aromatic rings. The minimum Gasteiger partial charge on any atom is -0.454 e. The topological polar surface area (TPSA) is 110 Å². The van der Waals surface area contributed by atoms with Crippen molar-refractivity contribution < 1.29 is 32.4 Å². The number of aryl methyl sites for hydroxylation is 1. The molecule has 2 aromatic carbocycles. The SMILES string of the molecule is CON(C)S(=O)(=O)c1cc(C(=O)OCC(=O)c2cc3c4c(c2)CC(=O)N4CCC3)ccc1Cl. The molecule has 0 aromatic heterocycles. The van der Waals surface area contributed by atoms with Crippen molar-refractivity contribution in [1.29, 1.82) is 0 Å². The lowest BCUT2D eigenvalue weighted by Crippen LogP contribution is -2.31. The molecule has 4 rings (SSSR count). The van der Waals surface area contributed by atoms with Crippen LogP contribution in [0.25, 0.3) is 0 Å². The number of ether oxygens (including phenoxy) is 1. The number of halogens is 1. The maximum absolute atomic E-state index is 12.7. The van der Waals surface area contributed by atoms with Gasteiger partial charge in [0, 0.05) is 19.2 Å². The van der Waals surface area contributed by atoms with Gasteiger partial charge in [-0.25, -0.2) is 13.2 Å². The number of rotatable bonds is 7. The molecule has 0 radical (unpaired) electrons. The second kappa shape index (κ2) is 8.86. The molecule has 33 heavy (non-hydrogen) atoms. The van der Waals surface area contributed by atoms with Crippen molar-refractivity contribution in [2.45, 2.75) is 24.2 Å². The second-order valence-electron chi connectivity index (χ2n) is 7.71. The standard InChI is InChI=1S/C22H21ClN2O7S/c1-24(31-2)33(29,30)19-10-14(5-6-17(19)23)22(28)32-12-18(26)15-8-13-4-3-7-25-20(27)11-16(9-15)21(13)25/h5-6,8-10H,3-4,7,11-12H2,1-2H3. The molecule has 0 fully saturated rings. The van der Waals surface area contributed by atoms with E-state index in [2.05, 4.69) is 0 Å². The van der Waals surface area contributed by atoms with Crippen LogP contribution >= 0.6 is 11.6 Å². The van der Waals surface area contributed by atoms with Gasteiger partial charge in [-0.3, -0.25) is 14.4 Å². The number of benzene rings is 2. The molecule has 9 nitrogen and oxygen atoms in total. The van der Waals surface area contributed by atoms with Crippen molar-refractivity contribution in [3.8, 4) is 0 Å². The highest BCUT2D eigenvalue weighted by Crippen LogP contribution is 2.37. The molecule has 0 spiro atoms. The van der Waals surface area contributed by atoms with Gasteiger partial charge in [0.25, 0.3) is 10.0 Å². The van der Waals surface area contributed by atoms with Crippen molar-refractivity contribution in [3.05, 3.63) is 57.6 Å². The predicted molar refractivity (Wildman–Crippen MR) is 119 cm³/mol. The molecule has 174 valence electrons. The van der Waals surface area contributed by atoms with E-state index in [1.54, 1.807) is 17.0 Å². The predicted octanol–water partition coefficient (Wildman–Crippen LogP) is 2.40. The third-order valence-electron chi connectivity index (χ3n) is 5.71. The molecule has 0 saturated heterocycles. The fourth-order valence-corrected chi connectivity index (χ4v) is 5.48. The summed E-state index contributed by atoms with van der Waals surface area (Å²) < 4.78 is 30.7. The monoisotopic (exact) mass is 492 g/mol. The van der Waals surface area contributed by atoms with E-state index in [1.807, 2.05) is 0 Å². The number of esters is 1. The first-order valence-corrected chi connectivity index (χ1v) is 11.9. The highest BCUT2D eigenvalue weighted by atomic mass is 35.5. The van der Waals surface area contributed by atoms with Crippen molar-refractivity contribution >= 4 is 45.0 Å². The summed E-state index contributed by atoms with van der Waals surface area (Å²) in [4.78, 5) is 43.6. The lowest BCUT2D eigenvalue weighted by atomic mass is 9.95. The molecular formula is C22H21ClN2O7S. The normalized spacial score (nSPS) is 15.0. The Labute approximate surface area is 195 Å². The van der Waals surface area contributed by atoms with Crippen molar-refractivity contribution in [2.75, 3.05) is 32.2 Å². The van der Waals surface area contributed by atoms with Gasteiger partial charge in [-0.05, 0) is 54.3 Å². The lowest BCUT2D eigenvalue weighted by molar-refractivity contribution is -0.117. The molecule has 2 aliphatic heterocycles. The van der Waals surface area contributed by atoms with E-state index in [1.165, 1.54) is 26.3 Å². The van der Waals surface area contributed by atoms with Gasteiger partial charge in [0.15, 0.2) is 12.4 Å². The molecule has 0 aliphatic carbocycles. The zero-order valence-corrected chi connectivity index (χ0v) is 19.5. The Kier molecular flexibility index (Phi) is 6.28. The van der Waals surface area contributed by atoms with Gasteiger partial charge in [-0.1, -0.05) is 16.1 Å². The third kappa shape index (κ3) is 4.26. The quantitative estimate of drug-likeness (QED) is 0.331. The van der Waals surface area contributed by atoms with Gasteiger partial charge in [-0.2, -0.15) is 0 Å². The smallest absolute Gasteiger partial charge is 0.338 e. The van der Waals surface area contributed by atoms with Gasteiger partial charge < -0.3 is 9.64 Å². The van der Waals surface area contributed by atoms with Crippen molar-refractivity contribution in [2.24, 2.45) is 0 Å². The number of hydrogen-bond donors (Lipinski definition) is 0. The summed E-state index contributed by atoms with van der Waals surface area (Å²) >= 11 is 6.00. The number of sulfonamides is 1. The molecule has 0 bridgehead atoms. The van der Waals surface area contributed by atoms with Crippen LogP contribution in [0.4, 0.5) is 5.69 Å². The van der Waals surface area contributed by atoms with Gasteiger partial charge in [0.2, 0.25) is 5.91 Å². The molecule has 2 heterocycles. The van der Waals surface area contributed by atoms with Crippen molar-refractivity contribution in [3.63, 3.8) is 0 Å². The average Bonchev–Trinajstić information content (AvgIpc) is 3.13. The fraction of sp³-hybridized carbons (Fsp3) is 0.318. The van der Waals surface area contributed by atoms with Crippen LogP contribution in [-0.2, 0) is 37.2 Å². The van der Waals surface area contributed by atoms with Gasteiger partial charge >= 0.3 is 5.97 Å². The largest absolute Gasteiger partial charge is 0.454 e. The Morgan fingerprint density at radius 3 is 2.61 bits per heavy atom. The second-order valence-corrected chi connectivity index (χ2v) is 10.0. The summed E-state index contributed by atoms with van der Waals surface area (Å²) in [6, 6.07) is 7.05. The first-order chi connectivity index (χ1) is 15.6. The number of amides is 1. The Morgan fingerprint density at radius 1 is 1.15 bits per heavy atom. The first-order valence-electron chi connectivity index (χ1n) is 10.1. The summed E-state index contributed by atoms with van der Waals surface area (Å²) in [6.45, 7) is 0.153. The number of hydrogen-bond acceptors (Lipinski definition) is 7. The Hall–Kier alpha value is -2.79. The fourth-order valence-electron chi connectivity index (χ4n) is 4.00. The maximum Gasteiger partial charge on any atom is 0.338 e. The van der Waals surface area contributed by atoms with E-state index < -0.39 is 28.4 Å². The molecule has 0 unspecified atom stereocenters. The summed E-state index contributed by atoms with van der Waals surface area (Å²) in [5, 5.41) is -0.0952. The van der Waals surface area contributed by atoms with Crippen LogP contribution in [0.1, 0.15) is 38.3 Å². The molecule has 2 aliphatic rings. The van der Waals surface area contributed by atoms with E-state index >= 15 is 0 Å². The van der Waals surface area contributed by atoms with Crippen LogP contribution in [0, 0.1) is 0 Å². The highest BCUT2D eigenvalue weighted by molar-refractivity contribution is 7.89. The summed E-state index contributed by atoms with van der Waals surface area (Å²) in [7, 11) is -1.73. The number of carbonyl (C=O) groups excluding carboxylic acids is 3. The van der Waals surface area contributed by atoms with Crippen LogP contribution in [0.2, 0.25) is 5.02 Å². The number of anilines is 1. The zero-order valence-electron chi connectivity index (χ0n) is 18.0. The van der Waals surface area contributed by atoms with Gasteiger partial charge in [-0.15, -0.1) is 0 Å². The summed E-state index contributed by atoms with van der Waals surface area (Å²) in [6.07, 6.45) is 1.84. The summed E-state index contributed by atoms with van der Waals surface area (Å²) in [5.74, 6) is -1.27. The van der Waals surface area contributed by atoms with Crippen LogP contribution in [0.3, 0.4) is 0 Å². The average molecular weight is 493 g/mol. The summed E-state index contributed by atoms with van der Waals surface area (Å²) in [5.41, 5.74) is 2.93. The van der Waals surface area contributed by atoms with Crippen LogP contribution in [-0.4, -0.2) is 57.9 Å². The number of hydroxylamine groups is 1. The number of carbonyl (C=O) groups is 3. The Bertz CT molecular complexity index is 1280. The molecule has 11 heteroatoms. The molecule has 1 amide bonds. The first kappa shape index (κ1) is 23.4. The highest BCUT2D eigenvalue weighted by Gasteiger charge is 2.33. The van der Waals surface area contributed by atoms with Crippen LogP contribution < -0.4 is 4.90 Å². The van der Waals surface area contributed by atoms with Crippen molar-refractivity contribution in [1.82, 2.24) is 4.47 Å². The van der Waals surface area contributed by atoms with E-state index in [9.17, 15) is 22.8 Å². The number of ketones is 1. The van der Waals surface area contributed by atoms with E-state index in [-0.39, 0.29) is 27.8 Å². The Morgan fingerprint density at radius 2 is 1.88 bits per heavy atom. The van der Waals surface area contributed by atoms with E-state index in [4.69, 9.17) is 21.2 Å². The Balaban J connectivity index is 1.50. The number of Topliss-reactive ketones (excluding diaryl/α,β-unsaturated/α-hetero) is 1. The number of nitrogens with zero attached hydrogens (tertiary/aromatic N) is 2. The van der Waals surface area contributed by atoms with Gasteiger partial charge in [0.1, 0.15) is 4.90 Å². The molecule has 0 N–H and O–H groups in total. The van der Waals surface area contributed by atoms with Gasteiger partial charge in [0.05, 0.1) is 29.8 Å². The molecular weight excluding hydrogens is 472 g/mol. The zero-order chi connectivity index (χ0) is 23.9. The van der Waals surface area contributed by atoms with Crippen LogP contribution in [0.15, 0.2) is 35.2 Å². The third-order valence-corrected chi connectivity index (χ3v) is 7.87. The molecule has 0 atom stereocenters. The minimum atomic E-state index is -4.09. The lowest BCUT2D eigenvalue weighted by Gasteiger charge is -2.25. The molecule has 0 saturated carbocycles. The van der Waals surface area contributed by atoms with Crippen LogP contribution in [0.5, 0.6) is 0 Å².